The highest BCUT2D eigenvalue weighted by molar-refractivity contribution is 5.40. The SMILES string of the molecule is O=[N+]([O-])c1cc(CC2CNC2)cc(C(F)(F)F)c1. The number of non-ortho nitro benzene ring substituents is 1. The van der Waals surface area contributed by atoms with Crippen LogP contribution < -0.4 is 5.32 Å². The highest BCUT2D eigenvalue weighted by Crippen LogP contribution is 2.33. The van der Waals surface area contributed by atoms with E-state index in [0.717, 1.165) is 19.2 Å². The highest BCUT2D eigenvalue weighted by atomic mass is 19.4. The molecule has 0 saturated carbocycles. The standard InChI is InChI=1S/C11H11F3N2O2/c12-11(13,14)9-2-7(1-8-5-15-6-8)3-10(4-9)16(17)18/h2-4,8,15H,1,5-6H2. The van der Waals surface area contributed by atoms with E-state index in [1.807, 2.05) is 0 Å². The summed E-state index contributed by atoms with van der Waals surface area (Å²) in [5.41, 5.74) is -1.10. The summed E-state index contributed by atoms with van der Waals surface area (Å²) in [6, 6.07) is 2.78. The van der Waals surface area contributed by atoms with Crippen LogP contribution in [0.1, 0.15) is 11.1 Å². The fraction of sp³-hybridized carbons (Fsp3) is 0.455. The Hall–Kier alpha value is -1.63. The minimum absolute atomic E-state index is 0.257. The van der Waals surface area contributed by atoms with Gasteiger partial charge in [-0.3, -0.25) is 10.1 Å². The summed E-state index contributed by atoms with van der Waals surface area (Å²) in [7, 11) is 0. The van der Waals surface area contributed by atoms with Crippen LogP contribution in [0.4, 0.5) is 18.9 Å². The van der Waals surface area contributed by atoms with Crippen molar-refractivity contribution in [3.63, 3.8) is 0 Å². The average Bonchev–Trinajstić information content (AvgIpc) is 2.22. The molecule has 1 fully saturated rings. The topological polar surface area (TPSA) is 55.2 Å². The molecule has 1 saturated heterocycles. The van der Waals surface area contributed by atoms with Gasteiger partial charge in [-0.25, -0.2) is 0 Å². The molecule has 1 aromatic rings. The maximum atomic E-state index is 12.6. The Labute approximate surface area is 101 Å². The first-order chi connectivity index (χ1) is 8.36. The Balaban J connectivity index is 2.32. The van der Waals surface area contributed by atoms with Crippen molar-refractivity contribution in [3.05, 3.63) is 39.4 Å². The molecule has 0 atom stereocenters. The Morgan fingerprint density at radius 1 is 1.33 bits per heavy atom. The van der Waals surface area contributed by atoms with Crippen LogP contribution in [0.25, 0.3) is 0 Å². The highest BCUT2D eigenvalue weighted by Gasteiger charge is 2.33. The van der Waals surface area contributed by atoms with E-state index in [-0.39, 0.29) is 5.92 Å². The van der Waals surface area contributed by atoms with E-state index in [0.29, 0.717) is 18.1 Å². The Morgan fingerprint density at radius 3 is 2.44 bits per heavy atom. The summed E-state index contributed by atoms with van der Waals surface area (Å²) in [4.78, 5) is 9.83. The van der Waals surface area contributed by atoms with Gasteiger partial charge in [0.2, 0.25) is 0 Å². The van der Waals surface area contributed by atoms with Gasteiger partial charge in [0.1, 0.15) is 0 Å². The van der Waals surface area contributed by atoms with Crippen LogP contribution in [0.2, 0.25) is 0 Å². The normalized spacial score (nSPS) is 16.4. The number of benzene rings is 1. The van der Waals surface area contributed by atoms with Crippen LogP contribution in [-0.2, 0) is 12.6 Å². The second-order valence-electron chi connectivity index (χ2n) is 4.37. The van der Waals surface area contributed by atoms with Crippen molar-refractivity contribution in [2.75, 3.05) is 13.1 Å². The van der Waals surface area contributed by atoms with E-state index < -0.39 is 22.4 Å². The van der Waals surface area contributed by atoms with Crippen LogP contribution in [0, 0.1) is 16.0 Å². The Bertz CT molecular complexity index is 470. The van der Waals surface area contributed by atoms with Gasteiger partial charge in [0, 0.05) is 12.1 Å². The molecule has 0 radical (unpaired) electrons. The van der Waals surface area contributed by atoms with Gasteiger partial charge in [0.05, 0.1) is 10.5 Å². The lowest BCUT2D eigenvalue weighted by Crippen LogP contribution is -2.43. The van der Waals surface area contributed by atoms with Crippen LogP contribution in [0.3, 0.4) is 0 Å². The van der Waals surface area contributed by atoms with Gasteiger partial charge < -0.3 is 5.32 Å². The third-order valence-electron chi connectivity index (χ3n) is 2.91. The fourth-order valence-corrected chi connectivity index (χ4v) is 1.89. The summed E-state index contributed by atoms with van der Waals surface area (Å²) < 4.78 is 37.8. The zero-order valence-corrected chi connectivity index (χ0v) is 9.33. The third-order valence-corrected chi connectivity index (χ3v) is 2.91. The van der Waals surface area contributed by atoms with Gasteiger partial charge >= 0.3 is 6.18 Å². The van der Waals surface area contributed by atoms with Crippen molar-refractivity contribution in [1.29, 1.82) is 0 Å². The quantitative estimate of drug-likeness (QED) is 0.670. The van der Waals surface area contributed by atoms with Crippen LogP contribution >= 0.6 is 0 Å². The summed E-state index contributed by atoms with van der Waals surface area (Å²) >= 11 is 0. The fourth-order valence-electron chi connectivity index (χ4n) is 1.89. The van der Waals surface area contributed by atoms with Crippen molar-refractivity contribution in [3.8, 4) is 0 Å². The number of nitro groups is 1. The molecule has 1 heterocycles. The number of nitrogens with one attached hydrogen (secondary N) is 1. The van der Waals surface area contributed by atoms with Crippen molar-refractivity contribution in [2.24, 2.45) is 5.92 Å². The summed E-state index contributed by atoms with van der Waals surface area (Å²) in [5.74, 6) is 0.257. The van der Waals surface area contributed by atoms with E-state index in [1.54, 1.807) is 0 Å². The van der Waals surface area contributed by atoms with E-state index in [1.165, 1.54) is 6.07 Å². The summed E-state index contributed by atoms with van der Waals surface area (Å²) in [5, 5.41) is 13.6. The first-order valence-corrected chi connectivity index (χ1v) is 5.42. The predicted molar refractivity (Wildman–Crippen MR) is 58.2 cm³/mol. The second-order valence-corrected chi connectivity index (χ2v) is 4.37. The zero-order valence-electron chi connectivity index (χ0n) is 9.33. The number of nitro benzene ring substituents is 1. The molecule has 0 unspecified atom stereocenters. The molecule has 2 rings (SSSR count). The lowest BCUT2D eigenvalue weighted by Gasteiger charge is -2.27. The molecule has 4 nitrogen and oxygen atoms in total. The summed E-state index contributed by atoms with van der Waals surface area (Å²) in [6.45, 7) is 1.48. The van der Waals surface area contributed by atoms with Crippen molar-refractivity contribution < 1.29 is 18.1 Å². The number of nitrogens with zero attached hydrogens (tertiary/aromatic N) is 1. The molecule has 7 heteroatoms. The lowest BCUT2D eigenvalue weighted by atomic mass is 9.93. The molecular formula is C11H11F3N2O2. The van der Waals surface area contributed by atoms with Gasteiger partial charge in [-0.1, -0.05) is 0 Å². The number of hydrogen-bond donors (Lipinski definition) is 1. The van der Waals surface area contributed by atoms with Crippen molar-refractivity contribution >= 4 is 5.69 Å². The number of alkyl halides is 3. The maximum Gasteiger partial charge on any atom is 0.416 e. The van der Waals surface area contributed by atoms with Gasteiger partial charge in [-0.15, -0.1) is 0 Å². The van der Waals surface area contributed by atoms with Gasteiger partial charge in [0.15, 0.2) is 0 Å². The molecule has 1 aliphatic heterocycles. The molecule has 1 N–H and O–H groups in total. The van der Waals surface area contributed by atoms with E-state index in [2.05, 4.69) is 5.32 Å². The number of rotatable bonds is 3. The second kappa shape index (κ2) is 4.56. The molecule has 1 aliphatic rings. The third kappa shape index (κ3) is 2.79. The maximum absolute atomic E-state index is 12.6. The monoisotopic (exact) mass is 260 g/mol. The van der Waals surface area contributed by atoms with Gasteiger partial charge in [0.25, 0.3) is 5.69 Å². The van der Waals surface area contributed by atoms with Crippen molar-refractivity contribution in [1.82, 2.24) is 5.32 Å². The van der Waals surface area contributed by atoms with Gasteiger partial charge in [-0.2, -0.15) is 13.2 Å². The Kier molecular flexibility index (Phi) is 3.25. The number of halogens is 3. The summed E-state index contributed by atoms with van der Waals surface area (Å²) in [6.07, 6.45) is -4.13. The van der Waals surface area contributed by atoms with E-state index >= 15 is 0 Å². The molecule has 1 aromatic carbocycles. The molecule has 0 amide bonds. The molecule has 0 bridgehead atoms. The average molecular weight is 260 g/mol. The minimum atomic E-state index is -4.56. The molecule has 18 heavy (non-hydrogen) atoms. The molecule has 0 aliphatic carbocycles. The van der Waals surface area contributed by atoms with Gasteiger partial charge in [-0.05, 0) is 37.1 Å². The van der Waals surface area contributed by atoms with E-state index in [9.17, 15) is 23.3 Å². The van der Waals surface area contributed by atoms with Crippen LogP contribution in [0.5, 0.6) is 0 Å². The predicted octanol–water partition coefficient (Wildman–Crippen LogP) is 2.38. The first-order valence-electron chi connectivity index (χ1n) is 5.42. The molecule has 0 aromatic heterocycles. The first kappa shape index (κ1) is 12.8. The Morgan fingerprint density at radius 2 is 2.00 bits per heavy atom. The molecule has 98 valence electrons. The minimum Gasteiger partial charge on any atom is -0.316 e. The number of hydrogen-bond acceptors (Lipinski definition) is 3. The lowest BCUT2D eigenvalue weighted by molar-refractivity contribution is -0.385. The molecular weight excluding hydrogens is 249 g/mol. The van der Waals surface area contributed by atoms with Crippen LogP contribution in [-0.4, -0.2) is 18.0 Å². The smallest absolute Gasteiger partial charge is 0.316 e. The zero-order chi connectivity index (χ0) is 13.3. The van der Waals surface area contributed by atoms with Crippen molar-refractivity contribution in [2.45, 2.75) is 12.6 Å². The largest absolute Gasteiger partial charge is 0.416 e. The van der Waals surface area contributed by atoms with E-state index in [4.69, 9.17) is 0 Å². The van der Waals surface area contributed by atoms with Crippen LogP contribution in [0.15, 0.2) is 18.2 Å². The molecule has 0 spiro atoms.